The van der Waals surface area contributed by atoms with Crippen LogP contribution >= 0.6 is 0 Å². The molecule has 2 atom stereocenters. The molecule has 1 fully saturated rings. The Hall–Kier alpha value is -2.52. The van der Waals surface area contributed by atoms with Crippen LogP contribution in [0.5, 0.6) is 0 Å². The van der Waals surface area contributed by atoms with Crippen LogP contribution in [-0.2, 0) is 23.9 Å². The number of ketones is 1. The van der Waals surface area contributed by atoms with Gasteiger partial charge in [-0.05, 0) is 24.6 Å². The molecule has 2 unspecified atom stereocenters. The number of piperidine rings is 1. The van der Waals surface area contributed by atoms with E-state index >= 15 is 0 Å². The quantitative estimate of drug-likeness (QED) is 0.787. The fourth-order valence-corrected chi connectivity index (χ4v) is 3.65. The molecule has 1 aromatic carbocycles. The molecule has 1 aliphatic heterocycles. The molecule has 156 valence electrons. The van der Waals surface area contributed by atoms with E-state index in [0.29, 0.717) is 26.1 Å². The van der Waals surface area contributed by atoms with Gasteiger partial charge in [-0.3, -0.25) is 19.5 Å². The Morgan fingerprint density at radius 1 is 1.24 bits per heavy atom. The average Bonchev–Trinajstić information content (AvgIpc) is 2.67. The van der Waals surface area contributed by atoms with Crippen LogP contribution in [0.2, 0.25) is 0 Å². The Labute approximate surface area is 165 Å². The minimum absolute atomic E-state index is 0.0725. The highest BCUT2D eigenvalue weighted by molar-refractivity contribution is 5.84. The van der Waals surface area contributed by atoms with Gasteiger partial charge in [-0.1, -0.05) is 18.2 Å². The molecule has 2 heterocycles. The average molecular weight is 409 g/mol. The van der Waals surface area contributed by atoms with Crippen LogP contribution in [0.25, 0.3) is 0 Å². The fraction of sp³-hybridized carbons (Fsp3) is 0.450. The van der Waals surface area contributed by atoms with E-state index in [9.17, 15) is 27.9 Å². The van der Waals surface area contributed by atoms with Crippen LogP contribution in [0.15, 0.2) is 47.7 Å². The van der Waals surface area contributed by atoms with E-state index in [1.807, 2.05) is 4.90 Å². The minimum Gasteiger partial charge on any atom is -0.391 e. The summed E-state index contributed by atoms with van der Waals surface area (Å²) in [6.45, 7) is 1.69. The van der Waals surface area contributed by atoms with Gasteiger partial charge in [0.25, 0.3) is 5.56 Å². The van der Waals surface area contributed by atoms with Gasteiger partial charge in [-0.15, -0.1) is 0 Å². The maximum Gasteiger partial charge on any atom is 0.416 e. The lowest BCUT2D eigenvalue weighted by molar-refractivity contribution is -0.138. The molecular weight excluding hydrogens is 387 g/mol. The predicted octanol–water partition coefficient (Wildman–Crippen LogP) is 1.76. The van der Waals surface area contributed by atoms with Crippen molar-refractivity contribution in [1.82, 2.24) is 14.5 Å². The Kier molecular flexibility index (Phi) is 6.49. The lowest BCUT2D eigenvalue weighted by Gasteiger charge is -2.35. The molecule has 0 bridgehead atoms. The van der Waals surface area contributed by atoms with Crippen LogP contribution in [0.1, 0.15) is 17.5 Å². The number of carbonyl (C=O) groups is 1. The van der Waals surface area contributed by atoms with Crippen molar-refractivity contribution in [2.45, 2.75) is 31.7 Å². The molecule has 0 amide bonds. The number of carbonyl (C=O) groups excluding carboxylic acids is 1. The van der Waals surface area contributed by atoms with Crippen LogP contribution in [0.3, 0.4) is 0 Å². The number of likely N-dealkylation sites (tertiary alicyclic amines) is 1. The summed E-state index contributed by atoms with van der Waals surface area (Å²) in [5.41, 5.74) is -1.11. The largest absolute Gasteiger partial charge is 0.416 e. The second kappa shape index (κ2) is 8.87. The van der Waals surface area contributed by atoms with Gasteiger partial charge in [0.05, 0.1) is 17.9 Å². The van der Waals surface area contributed by atoms with Crippen molar-refractivity contribution >= 4 is 5.78 Å². The molecule has 29 heavy (non-hydrogen) atoms. The molecule has 0 saturated carbocycles. The number of aliphatic hydroxyl groups excluding tert-OH is 1. The smallest absolute Gasteiger partial charge is 0.391 e. The Morgan fingerprint density at radius 2 is 2.00 bits per heavy atom. The number of hydrogen-bond donors (Lipinski definition) is 1. The Morgan fingerprint density at radius 3 is 2.69 bits per heavy atom. The molecule has 6 nitrogen and oxygen atoms in total. The van der Waals surface area contributed by atoms with Gasteiger partial charge in [-0.2, -0.15) is 13.2 Å². The molecule has 1 saturated heterocycles. The van der Waals surface area contributed by atoms with Gasteiger partial charge < -0.3 is 9.67 Å². The lowest BCUT2D eigenvalue weighted by atomic mass is 9.86. The SMILES string of the molecule is O=C(Cc1ccccc1C(F)(F)F)C1CCN(CCn2ccncc2=O)CC1O. The number of hydrogen-bond acceptors (Lipinski definition) is 5. The first-order valence-electron chi connectivity index (χ1n) is 9.34. The van der Waals surface area contributed by atoms with Gasteiger partial charge in [-0.25, -0.2) is 0 Å². The summed E-state index contributed by atoms with van der Waals surface area (Å²) in [4.78, 5) is 29.9. The molecule has 2 aromatic rings. The number of alkyl halides is 3. The van der Waals surface area contributed by atoms with Gasteiger partial charge in [0, 0.05) is 44.4 Å². The lowest BCUT2D eigenvalue weighted by Crippen LogP contribution is -2.48. The molecule has 3 rings (SSSR count). The van der Waals surface area contributed by atoms with E-state index in [1.165, 1.54) is 35.2 Å². The monoisotopic (exact) mass is 409 g/mol. The molecule has 1 aromatic heterocycles. The van der Waals surface area contributed by atoms with Crippen LogP contribution in [-0.4, -0.2) is 51.1 Å². The number of aromatic nitrogens is 2. The predicted molar refractivity (Wildman–Crippen MR) is 99.2 cm³/mol. The maximum absolute atomic E-state index is 13.1. The van der Waals surface area contributed by atoms with E-state index in [-0.39, 0.29) is 29.9 Å². The van der Waals surface area contributed by atoms with Gasteiger partial charge in [0.1, 0.15) is 5.78 Å². The summed E-state index contributed by atoms with van der Waals surface area (Å²) >= 11 is 0. The Bertz CT molecular complexity index is 913. The van der Waals surface area contributed by atoms with Crippen LogP contribution < -0.4 is 5.56 Å². The second-order valence-corrected chi connectivity index (χ2v) is 7.17. The first kappa shape index (κ1) is 21.2. The van der Waals surface area contributed by atoms with Crippen molar-refractivity contribution in [3.05, 3.63) is 64.3 Å². The number of rotatable bonds is 6. The van der Waals surface area contributed by atoms with E-state index < -0.39 is 23.8 Å². The van der Waals surface area contributed by atoms with E-state index in [1.54, 1.807) is 6.20 Å². The molecule has 1 N–H and O–H groups in total. The van der Waals surface area contributed by atoms with Gasteiger partial charge in [0.2, 0.25) is 0 Å². The number of aliphatic hydroxyl groups is 1. The molecule has 0 spiro atoms. The van der Waals surface area contributed by atoms with Crippen molar-refractivity contribution < 1.29 is 23.1 Å². The van der Waals surface area contributed by atoms with Gasteiger partial charge in [0.15, 0.2) is 0 Å². The highest BCUT2D eigenvalue weighted by Crippen LogP contribution is 2.33. The van der Waals surface area contributed by atoms with Crippen molar-refractivity contribution in [2.75, 3.05) is 19.6 Å². The number of benzene rings is 1. The van der Waals surface area contributed by atoms with E-state index in [0.717, 1.165) is 6.07 Å². The topological polar surface area (TPSA) is 75.4 Å². The first-order chi connectivity index (χ1) is 13.8. The standard InChI is InChI=1S/C20H22F3N3O3/c21-20(22,23)16-4-2-1-3-14(16)11-17(27)15-5-7-25(13-18(15)28)9-10-26-8-6-24-12-19(26)29/h1-4,6,8,12,15,18,28H,5,7,9-11,13H2. The van der Waals surface area contributed by atoms with Crippen molar-refractivity contribution in [3.8, 4) is 0 Å². The number of β-amino-alcohol motifs (C(OH)–C–C–N with tert-alkyl or cyclic N) is 1. The summed E-state index contributed by atoms with van der Waals surface area (Å²) < 4.78 is 40.9. The first-order valence-corrected chi connectivity index (χ1v) is 9.34. The minimum atomic E-state index is -4.52. The summed E-state index contributed by atoms with van der Waals surface area (Å²) in [5.74, 6) is -1.09. The molecule has 0 aliphatic carbocycles. The highest BCUT2D eigenvalue weighted by Gasteiger charge is 2.36. The fourth-order valence-electron chi connectivity index (χ4n) is 3.65. The number of Topliss-reactive ketones (excluding diaryl/α,β-unsaturated/α-hetero) is 1. The van der Waals surface area contributed by atoms with Gasteiger partial charge >= 0.3 is 6.18 Å². The normalized spacial score (nSPS) is 20.6. The van der Waals surface area contributed by atoms with Crippen LogP contribution in [0.4, 0.5) is 13.2 Å². The summed E-state index contributed by atoms with van der Waals surface area (Å²) in [6.07, 6.45) is -1.16. The third-order valence-electron chi connectivity index (χ3n) is 5.22. The molecule has 0 radical (unpaired) electrons. The zero-order chi connectivity index (χ0) is 21.0. The van der Waals surface area contributed by atoms with Crippen molar-refractivity contribution in [3.63, 3.8) is 0 Å². The number of nitrogens with zero attached hydrogens (tertiary/aromatic N) is 3. The molecular formula is C20H22F3N3O3. The third-order valence-corrected chi connectivity index (χ3v) is 5.22. The zero-order valence-corrected chi connectivity index (χ0v) is 15.7. The summed E-state index contributed by atoms with van der Waals surface area (Å²) in [7, 11) is 0. The number of halogens is 3. The Balaban J connectivity index is 1.58. The summed E-state index contributed by atoms with van der Waals surface area (Å²) in [6, 6.07) is 5.02. The molecule has 9 heteroatoms. The maximum atomic E-state index is 13.1. The summed E-state index contributed by atoms with van der Waals surface area (Å²) in [5, 5.41) is 10.4. The molecule has 1 aliphatic rings. The van der Waals surface area contributed by atoms with E-state index in [4.69, 9.17) is 0 Å². The van der Waals surface area contributed by atoms with Crippen molar-refractivity contribution in [1.29, 1.82) is 0 Å². The second-order valence-electron chi connectivity index (χ2n) is 7.17. The highest BCUT2D eigenvalue weighted by atomic mass is 19.4. The third kappa shape index (κ3) is 5.30. The van der Waals surface area contributed by atoms with Crippen molar-refractivity contribution in [2.24, 2.45) is 5.92 Å². The van der Waals surface area contributed by atoms with E-state index in [2.05, 4.69) is 4.98 Å². The van der Waals surface area contributed by atoms with Crippen LogP contribution in [0, 0.1) is 5.92 Å². The zero-order valence-electron chi connectivity index (χ0n) is 15.7.